The average molecular weight is 254 g/mol. The molecule has 0 unspecified atom stereocenters. The van der Waals surface area contributed by atoms with Crippen molar-refractivity contribution in [1.29, 1.82) is 0 Å². The Kier molecular flexibility index (Phi) is 2.10. The Morgan fingerprint density at radius 3 is 2.57 bits per heavy atom. The van der Waals surface area contributed by atoms with Crippen LogP contribution in [0.1, 0.15) is 26.6 Å². The van der Waals surface area contributed by atoms with E-state index in [1.807, 2.05) is 12.1 Å². The van der Waals surface area contributed by atoms with E-state index in [1.54, 1.807) is 0 Å². The second kappa shape index (κ2) is 3.05. The van der Waals surface area contributed by atoms with Crippen LogP contribution in [0.4, 0.5) is 0 Å². The number of hydrogen-bond acceptors (Lipinski definition) is 2. The molecule has 0 bridgehead atoms. The molecule has 0 atom stereocenters. The maximum absolute atomic E-state index is 4.45. The molecule has 0 aliphatic heterocycles. The zero-order chi connectivity index (χ0) is 10.3. The summed E-state index contributed by atoms with van der Waals surface area (Å²) in [6, 6.07) is 3.89. The largest absolute Gasteiger partial charge is 0.340 e. The lowest BCUT2D eigenvalue weighted by Crippen LogP contribution is -2.12. The minimum Gasteiger partial charge on any atom is -0.340 e. The van der Waals surface area contributed by atoms with Gasteiger partial charge in [0, 0.05) is 5.41 Å². The average Bonchev–Trinajstić information content (AvgIpc) is 2.45. The van der Waals surface area contributed by atoms with Gasteiger partial charge in [-0.2, -0.15) is 0 Å². The van der Waals surface area contributed by atoms with E-state index >= 15 is 0 Å². The molecule has 74 valence electrons. The molecule has 0 saturated heterocycles. The number of imidazole rings is 1. The first-order valence-corrected chi connectivity index (χ1v) is 5.29. The van der Waals surface area contributed by atoms with E-state index in [2.05, 4.69) is 51.7 Å². The number of pyridine rings is 1. The Bertz CT molecular complexity index is 468. The summed E-state index contributed by atoms with van der Waals surface area (Å²) in [5.41, 5.74) is 1.79. The number of nitrogens with zero attached hydrogens (tertiary/aromatic N) is 2. The summed E-state index contributed by atoms with van der Waals surface area (Å²) < 4.78 is 0.817. The number of aromatic nitrogens is 3. The highest BCUT2D eigenvalue weighted by Gasteiger charge is 2.18. The molecular formula is C10H12BrN3. The van der Waals surface area contributed by atoms with Crippen molar-refractivity contribution in [3.05, 3.63) is 22.6 Å². The molecule has 14 heavy (non-hydrogen) atoms. The number of aromatic amines is 1. The third kappa shape index (κ3) is 1.66. The van der Waals surface area contributed by atoms with Gasteiger partial charge < -0.3 is 4.98 Å². The van der Waals surface area contributed by atoms with Gasteiger partial charge in [-0.1, -0.05) is 20.8 Å². The van der Waals surface area contributed by atoms with Gasteiger partial charge in [-0.3, -0.25) is 0 Å². The fourth-order valence-electron chi connectivity index (χ4n) is 1.22. The predicted molar refractivity (Wildman–Crippen MR) is 60.3 cm³/mol. The molecule has 0 radical (unpaired) electrons. The van der Waals surface area contributed by atoms with Crippen molar-refractivity contribution >= 4 is 27.1 Å². The molecule has 0 spiro atoms. The summed E-state index contributed by atoms with van der Waals surface area (Å²) in [6.07, 6.45) is 0. The zero-order valence-electron chi connectivity index (χ0n) is 8.43. The molecule has 0 aliphatic rings. The van der Waals surface area contributed by atoms with E-state index < -0.39 is 0 Å². The fraction of sp³-hybridized carbons (Fsp3) is 0.400. The number of fused-ring (bicyclic) bond motifs is 1. The van der Waals surface area contributed by atoms with Crippen LogP contribution in [0.5, 0.6) is 0 Å². The number of nitrogens with one attached hydrogen (secondary N) is 1. The van der Waals surface area contributed by atoms with Crippen molar-refractivity contribution in [2.45, 2.75) is 26.2 Å². The van der Waals surface area contributed by atoms with Crippen LogP contribution in [-0.4, -0.2) is 15.0 Å². The Balaban J connectivity index is 2.63. The Morgan fingerprint density at radius 1 is 1.21 bits per heavy atom. The van der Waals surface area contributed by atoms with Gasteiger partial charge in [-0.25, -0.2) is 9.97 Å². The Hall–Kier alpha value is -0.900. The van der Waals surface area contributed by atoms with E-state index in [0.29, 0.717) is 0 Å². The molecule has 0 saturated carbocycles. The van der Waals surface area contributed by atoms with Crippen LogP contribution < -0.4 is 0 Å². The van der Waals surface area contributed by atoms with Crippen LogP contribution in [0.15, 0.2) is 16.7 Å². The van der Waals surface area contributed by atoms with Crippen molar-refractivity contribution in [2.24, 2.45) is 0 Å². The lowest BCUT2D eigenvalue weighted by atomic mass is 9.96. The van der Waals surface area contributed by atoms with Gasteiger partial charge >= 0.3 is 0 Å². The SMILES string of the molecule is CC(C)(C)c1nc2nc(Br)ccc2[nH]1. The normalized spacial score (nSPS) is 12.3. The molecule has 2 aromatic heterocycles. The Labute approximate surface area is 91.1 Å². The lowest BCUT2D eigenvalue weighted by Gasteiger charge is -2.13. The van der Waals surface area contributed by atoms with E-state index in [0.717, 1.165) is 21.6 Å². The summed E-state index contributed by atoms with van der Waals surface area (Å²) >= 11 is 3.33. The first-order chi connectivity index (χ1) is 6.47. The zero-order valence-corrected chi connectivity index (χ0v) is 10.0. The molecule has 3 nitrogen and oxygen atoms in total. The van der Waals surface area contributed by atoms with Crippen molar-refractivity contribution in [1.82, 2.24) is 15.0 Å². The van der Waals surface area contributed by atoms with E-state index in [4.69, 9.17) is 0 Å². The van der Waals surface area contributed by atoms with Crippen LogP contribution in [0.2, 0.25) is 0 Å². The molecule has 2 heterocycles. The summed E-state index contributed by atoms with van der Waals surface area (Å²) in [6.45, 7) is 6.37. The van der Waals surface area contributed by atoms with Gasteiger partial charge in [0.1, 0.15) is 10.4 Å². The monoisotopic (exact) mass is 253 g/mol. The van der Waals surface area contributed by atoms with Gasteiger partial charge in [0.25, 0.3) is 0 Å². The molecule has 0 aromatic carbocycles. The first kappa shape index (κ1) is 9.65. The number of hydrogen-bond donors (Lipinski definition) is 1. The van der Waals surface area contributed by atoms with Crippen molar-refractivity contribution in [3.63, 3.8) is 0 Å². The maximum Gasteiger partial charge on any atom is 0.178 e. The van der Waals surface area contributed by atoms with Crippen LogP contribution in [0.25, 0.3) is 11.2 Å². The van der Waals surface area contributed by atoms with Crippen LogP contribution in [0.3, 0.4) is 0 Å². The van der Waals surface area contributed by atoms with Gasteiger partial charge in [0.15, 0.2) is 5.65 Å². The minimum atomic E-state index is 0.0349. The predicted octanol–water partition coefficient (Wildman–Crippen LogP) is 3.02. The van der Waals surface area contributed by atoms with Crippen molar-refractivity contribution in [2.75, 3.05) is 0 Å². The van der Waals surface area contributed by atoms with E-state index in [1.165, 1.54) is 0 Å². The summed E-state index contributed by atoms with van der Waals surface area (Å²) in [7, 11) is 0. The van der Waals surface area contributed by atoms with Gasteiger partial charge in [-0.05, 0) is 28.1 Å². The standard InChI is InChI=1S/C10H12BrN3/c1-10(2,3)9-12-6-4-5-7(11)13-8(6)14-9/h4-5H,1-3H3,(H,12,13,14). The summed E-state index contributed by atoms with van der Waals surface area (Å²) in [5, 5.41) is 0. The van der Waals surface area contributed by atoms with Gasteiger partial charge in [0.05, 0.1) is 5.52 Å². The number of halogens is 1. The summed E-state index contributed by atoms with van der Waals surface area (Å²) in [4.78, 5) is 12.0. The molecule has 2 rings (SSSR count). The first-order valence-electron chi connectivity index (χ1n) is 4.49. The smallest absolute Gasteiger partial charge is 0.178 e. The van der Waals surface area contributed by atoms with E-state index in [9.17, 15) is 0 Å². The highest BCUT2D eigenvalue weighted by molar-refractivity contribution is 9.10. The second-order valence-corrected chi connectivity index (χ2v) is 5.15. The Morgan fingerprint density at radius 2 is 1.93 bits per heavy atom. The number of rotatable bonds is 0. The third-order valence-electron chi connectivity index (χ3n) is 2.02. The van der Waals surface area contributed by atoms with Crippen LogP contribution in [0, 0.1) is 0 Å². The molecule has 0 amide bonds. The fourth-order valence-corrected chi connectivity index (χ4v) is 1.52. The van der Waals surface area contributed by atoms with E-state index in [-0.39, 0.29) is 5.41 Å². The van der Waals surface area contributed by atoms with Crippen LogP contribution >= 0.6 is 15.9 Å². The molecular weight excluding hydrogens is 242 g/mol. The molecule has 1 N–H and O–H groups in total. The number of H-pyrrole nitrogens is 1. The highest BCUT2D eigenvalue weighted by Crippen LogP contribution is 2.22. The molecule has 0 aliphatic carbocycles. The van der Waals surface area contributed by atoms with Gasteiger partial charge in [0.2, 0.25) is 0 Å². The lowest BCUT2D eigenvalue weighted by molar-refractivity contribution is 0.554. The topological polar surface area (TPSA) is 41.6 Å². The molecule has 4 heteroatoms. The van der Waals surface area contributed by atoms with Crippen molar-refractivity contribution in [3.8, 4) is 0 Å². The molecule has 0 fully saturated rings. The highest BCUT2D eigenvalue weighted by atomic mass is 79.9. The maximum atomic E-state index is 4.45. The van der Waals surface area contributed by atoms with Crippen molar-refractivity contribution < 1.29 is 0 Å². The van der Waals surface area contributed by atoms with Gasteiger partial charge in [-0.15, -0.1) is 0 Å². The quantitative estimate of drug-likeness (QED) is 0.734. The third-order valence-corrected chi connectivity index (χ3v) is 2.46. The molecule has 2 aromatic rings. The summed E-state index contributed by atoms with van der Waals surface area (Å²) in [5.74, 6) is 0.970. The second-order valence-electron chi connectivity index (χ2n) is 4.34. The van der Waals surface area contributed by atoms with Crippen LogP contribution in [-0.2, 0) is 5.41 Å². The minimum absolute atomic E-state index is 0.0349.